The lowest BCUT2D eigenvalue weighted by atomic mass is 9.66. The van der Waals surface area contributed by atoms with E-state index in [9.17, 15) is 0 Å². The first-order valence-corrected chi connectivity index (χ1v) is 11.7. The first-order valence-electron chi connectivity index (χ1n) is 11.7. The van der Waals surface area contributed by atoms with Gasteiger partial charge in [0.05, 0.1) is 0 Å². The molecule has 0 spiro atoms. The van der Waals surface area contributed by atoms with Crippen molar-refractivity contribution in [1.29, 1.82) is 0 Å². The maximum absolute atomic E-state index is 2.48. The Labute approximate surface area is 181 Å². The second-order valence-electron chi connectivity index (χ2n) is 9.22. The highest BCUT2D eigenvalue weighted by molar-refractivity contribution is 5.80. The Bertz CT molecular complexity index is 1050. The highest BCUT2D eigenvalue weighted by Gasteiger charge is 2.40. The van der Waals surface area contributed by atoms with Crippen molar-refractivity contribution in [2.45, 2.75) is 63.2 Å². The van der Waals surface area contributed by atoms with E-state index >= 15 is 0 Å². The van der Waals surface area contributed by atoms with E-state index in [2.05, 4.69) is 98.9 Å². The monoisotopic (exact) mass is 392 g/mol. The highest BCUT2D eigenvalue weighted by atomic mass is 14.4. The first kappa shape index (κ1) is 19.4. The molecule has 3 aliphatic rings. The largest absolute Gasteiger partial charge is 0.0702 e. The van der Waals surface area contributed by atoms with Crippen LogP contribution >= 0.6 is 0 Å². The van der Waals surface area contributed by atoms with Crippen LogP contribution in [0.15, 0.2) is 85.0 Å². The van der Waals surface area contributed by atoms with Gasteiger partial charge in [-0.25, -0.2) is 0 Å². The quantitative estimate of drug-likeness (QED) is 0.382. The van der Waals surface area contributed by atoms with Gasteiger partial charge in [0.2, 0.25) is 0 Å². The summed E-state index contributed by atoms with van der Waals surface area (Å²) in [4.78, 5) is 0. The maximum atomic E-state index is 2.48. The van der Waals surface area contributed by atoms with E-state index in [1.165, 1.54) is 47.9 Å². The highest BCUT2D eigenvalue weighted by Crippen LogP contribution is 2.51. The van der Waals surface area contributed by atoms with Crippen LogP contribution < -0.4 is 0 Å². The van der Waals surface area contributed by atoms with E-state index in [0.717, 1.165) is 12.8 Å². The van der Waals surface area contributed by atoms with E-state index in [0.29, 0.717) is 0 Å². The number of allylic oxidation sites excluding steroid dienone is 8. The Morgan fingerprint density at radius 1 is 0.700 bits per heavy atom. The summed E-state index contributed by atoms with van der Waals surface area (Å²) in [6.07, 6.45) is 26.0. The van der Waals surface area contributed by atoms with Crippen LogP contribution in [0.5, 0.6) is 0 Å². The van der Waals surface area contributed by atoms with Crippen molar-refractivity contribution in [3.8, 4) is 11.1 Å². The standard InChI is InChI=1S/C30H32/c1-3-5-17-30(20-10-11-21-30)28-26-22-23-12-6-7-13-24(23)25(26)14-15-27(28)29(16-4-2)18-8-9-19-29/h6-15,18-21H,3-5,16-17,22H2,1-2H3. The second kappa shape index (κ2) is 7.58. The van der Waals surface area contributed by atoms with E-state index in [1.54, 1.807) is 11.1 Å². The number of benzene rings is 2. The van der Waals surface area contributed by atoms with Crippen LogP contribution in [-0.2, 0) is 17.3 Å². The van der Waals surface area contributed by atoms with Gasteiger partial charge in [0.15, 0.2) is 0 Å². The van der Waals surface area contributed by atoms with Crippen molar-refractivity contribution >= 4 is 0 Å². The molecule has 0 nitrogen and oxygen atoms in total. The third kappa shape index (κ3) is 2.88. The molecule has 0 heterocycles. The first-order chi connectivity index (χ1) is 14.7. The van der Waals surface area contributed by atoms with Gasteiger partial charge in [-0.1, -0.05) is 118 Å². The fraction of sp³-hybridized carbons (Fsp3) is 0.333. The molecule has 0 radical (unpaired) electrons. The second-order valence-corrected chi connectivity index (χ2v) is 9.22. The summed E-state index contributed by atoms with van der Waals surface area (Å²) < 4.78 is 0. The van der Waals surface area contributed by atoms with Gasteiger partial charge in [0.1, 0.15) is 0 Å². The molecule has 30 heavy (non-hydrogen) atoms. The molecule has 0 bridgehead atoms. The predicted molar refractivity (Wildman–Crippen MR) is 129 cm³/mol. The average Bonchev–Trinajstić information content (AvgIpc) is 3.51. The van der Waals surface area contributed by atoms with Crippen molar-refractivity contribution in [3.05, 3.63) is 107 Å². The Hall–Kier alpha value is -2.60. The molecule has 2 aromatic carbocycles. The summed E-state index contributed by atoms with van der Waals surface area (Å²) in [5, 5.41) is 0. The number of hydrogen-bond acceptors (Lipinski definition) is 0. The van der Waals surface area contributed by atoms with Crippen molar-refractivity contribution in [2.24, 2.45) is 0 Å². The summed E-state index contributed by atoms with van der Waals surface area (Å²) in [6, 6.07) is 13.9. The lowest BCUT2D eigenvalue weighted by Gasteiger charge is -2.37. The normalized spacial score (nSPS) is 18.9. The number of fused-ring (bicyclic) bond motifs is 3. The molecule has 152 valence electrons. The predicted octanol–water partition coefficient (Wildman–Crippen LogP) is 7.98. The molecule has 0 saturated carbocycles. The van der Waals surface area contributed by atoms with Crippen LogP contribution in [0.3, 0.4) is 0 Å². The Morgan fingerprint density at radius 3 is 2.10 bits per heavy atom. The summed E-state index contributed by atoms with van der Waals surface area (Å²) >= 11 is 0. The molecular formula is C30H32. The van der Waals surface area contributed by atoms with Crippen LogP contribution in [0.2, 0.25) is 0 Å². The van der Waals surface area contributed by atoms with E-state index < -0.39 is 0 Å². The third-order valence-electron chi connectivity index (χ3n) is 7.36. The van der Waals surface area contributed by atoms with Crippen molar-refractivity contribution in [1.82, 2.24) is 0 Å². The molecule has 0 fully saturated rings. The minimum absolute atomic E-state index is 0.0176. The Morgan fingerprint density at radius 2 is 1.40 bits per heavy atom. The smallest absolute Gasteiger partial charge is 0.0324 e. The van der Waals surface area contributed by atoms with Gasteiger partial charge in [-0.05, 0) is 52.6 Å². The average molecular weight is 393 g/mol. The zero-order chi connectivity index (χ0) is 20.6. The molecular weight excluding hydrogens is 360 g/mol. The summed E-state index contributed by atoms with van der Waals surface area (Å²) in [7, 11) is 0. The Kier molecular flexibility index (Phi) is 4.89. The molecule has 3 aliphatic carbocycles. The Balaban J connectivity index is 1.78. The zero-order valence-corrected chi connectivity index (χ0v) is 18.3. The molecule has 0 N–H and O–H groups in total. The molecule has 0 amide bonds. The van der Waals surface area contributed by atoms with E-state index in [1.807, 2.05) is 0 Å². The number of unbranched alkanes of at least 4 members (excludes halogenated alkanes) is 1. The topological polar surface area (TPSA) is 0 Å². The molecule has 5 rings (SSSR count). The van der Waals surface area contributed by atoms with Gasteiger partial charge >= 0.3 is 0 Å². The molecule has 0 heteroatoms. The van der Waals surface area contributed by atoms with Crippen LogP contribution in [0.4, 0.5) is 0 Å². The number of hydrogen-bond donors (Lipinski definition) is 0. The molecule has 0 aliphatic heterocycles. The SMILES string of the molecule is CCCCC1(c2c(C3(CCC)C=CC=C3)ccc3c2Cc2ccccc2-3)C=CC=C1. The summed E-state index contributed by atoms with van der Waals surface area (Å²) in [6.45, 7) is 4.62. The fourth-order valence-corrected chi connectivity index (χ4v) is 5.97. The zero-order valence-electron chi connectivity index (χ0n) is 18.3. The summed E-state index contributed by atoms with van der Waals surface area (Å²) in [5.74, 6) is 0. The molecule has 0 unspecified atom stereocenters. The lowest BCUT2D eigenvalue weighted by Crippen LogP contribution is -2.30. The van der Waals surface area contributed by atoms with E-state index in [-0.39, 0.29) is 10.8 Å². The minimum Gasteiger partial charge on any atom is -0.0702 e. The van der Waals surface area contributed by atoms with Crippen molar-refractivity contribution in [3.63, 3.8) is 0 Å². The van der Waals surface area contributed by atoms with Crippen molar-refractivity contribution in [2.75, 3.05) is 0 Å². The van der Waals surface area contributed by atoms with Crippen LogP contribution in [0, 0.1) is 0 Å². The van der Waals surface area contributed by atoms with Gasteiger partial charge < -0.3 is 0 Å². The summed E-state index contributed by atoms with van der Waals surface area (Å²) in [5.41, 5.74) is 9.06. The van der Waals surface area contributed by atoms with Gasteiger partial charge in [-0.3, -0.25) is 0 Å². The van der Waals surface area contributed by atoms with Crippen LogP contribution in [0.25, 0.3) is 11.1 Å². The fourth-order valence-electron chi connectivity index (χ4n) is 5.97. The molecule has 0 aromatic heterocycles. The van der Waals surface area contributed by atoms with Gasteiger partial charge in [0, 0.05) is 10.8 Å². The van der Waals surface area contributed by atoms with Crippen LogP contribution in [-0.4, -0.2) is 0 Å². The third-order valence-corrected chi connectivity index (χ3v) is 7.36. The molecule has 0 atom stereocenters. The number of rotatable bonds is 7. The minimum atomic E-state index is 0.0176. The maximum Gasteiger partial charge on any atom is 0.0324 e. The van der Waals surface area contributed by atoms with Gasteiger partial charge in [-0.2, -0.15) is 0 Å². The molecule has 0 saturated heterocycles. The van der Waals surface area contributed by atoms with Crippen molar-refractivity contribution < 1.29 is 0 Å². The lowest BCUT2D eigenvalue weighted by molar-refractivity contribution is 0.532. The van der Waals surface area contributed by atoms with Gasteiger partial charge in [-0.15, -0.1) is 0 Å². The van der Waals surface area contributed by atoms with E-state index in [4.69, 9.17) is 0 Å². The van der Waals surface area contributed by atoms with Gasteiger partial charge in [0.25, 0.3) is 0 Å². The molecule has 2 aromatic rings. The van der Waals surface area contributed by atoms with Crippen LogP contribution in [0.1, 0.15) is 68.2 Å².